The van der Waals surface area contributed by atoms with E-state index in [1.807, 2.05) is 6.07 Å². The largest absolute Gasteiger partial charge is 0.483 e. The summed E-state index contributed by atoms with van der Waals surface area (Å²) in [5.41, 5.74) is 1.62. The Morgan fingerprint density at radius 3 is 2.86 bits per heavy atom. The van der Waals surface area contributed by atoms with Gasteiger partial charge in [-0.2, -0.15) is 0 Å². The fourth-order valence-corrected chi connectivity index (χ4v) is 2.02. The molecule has 2 rings (SSSR count). The molecule has 2 aromatic rings. The number of hydrogen-bond donors (Lipinski definition) is 1. The minimum atomic E-state index is -0.316. The molecule has 1 aromatic carbocycles. The smallest absolute Gasteiger partial charge is 0.167 e. The van der Waals surface area contributed by atoms with Gasteiger partial charge in [0, 0.05) is 12.1 Å². The Kier molecular flexibility index (Phi) is 5.39. The van der Waals surface area contributed by atoms with Crippen LogP contribution in [-0.2, 0) is 13.2 Å². The number of ether oxygens (including phenoxy) is 1. The van der Waals surface area contributed by atoms with Crippen LogP contribution in [0.15, 0.2) is 34.9 Å². The highest BCUT2D eigenvalue weighted by Crippen LogP contribution is 2.21. The van der Waals surface area contributed by atoms with Gasteiger partial charge in [-0.1, -0.05) is 26.0 Å². The third-order valence-corrected chi connectivity index (χ3v) is 3.22. The lowest BCUT2D eigenvalue weighted by Gasteiger charge is -2.10. The number of nitrogens with one attached hydrogen (secondary N) is 1. The highest BCUT2D eigenvalue weighted by Gasteiger charge is 2.10. The van der Waals surface area contributed by atoms with Crippen molar-refractivity contribution >= 4 is 0 Å². The molecule has 0 fully saturated rings. The molecule has 0 aliphatic rings. The second kappa shape index (κ2) is 7.27. The maximum atomic E-state index is 13.9. The molecule has 0 saturated carbocycles. The molecule has 4 heteroatoms. The number of aryl methyl sites for hydroxylation is 1. The van der Waals surface area contributed by atoms with Crippen molar-refractivity contribution in [3.63, 3.8) is 0 Å². The summed E-state index contributed by atoms with van der Waals surface area (Å²) in [6, 6.07) is 7.04. The molecule has 0 bridgehead atoms. The fraction of sp³-hybridized carbons (Fsp3) is 0.412. The van der Waals surface area contributed by atoms with Crippen molar-refractivity contribution in [2.24, 2.45) is 5.92 Å². The predicted octanol–water partition coefficient (Wildman–Crippen LogP) is 4.05. The van der Waals surface area contributed by atoms with Gasteiger partial charge in [0.25, 0.3) is 0 Å². The summed E-state index contributed by atoms with van der Waals surface area (Å²) in [6.45, 7) is 7.93. The van der Waals surface area contributed by atoms with E-state index in [0.717, 1.165) is 24.4 Å². The topological polar surface area (TPSA) is 34.4 Å². The minimum absolute atomic E-state index is 0.228. The molecule has 0 amide bonds. The van der Waals surface area contributed by atoms with Gasteiger partial charge in [0.15, 0.2) is 11.6 Å². The van der Waals surface area contributed by atoms with Crippen LogP contribution in [0.5, 0.6) is 5.75 Å². The van der Waals surface area contributed by atoms with Crippen LogP contribution in [-0.4, -0.2) is 6.54 Å². The Hall–Kier alpha value is -1.81. The molecule has 3 nitrogen and oxygen atoms in total. The van der Waals surface area contributed by atoms with Crippen LogP contribution >= 0.6 is 0 Å². The van der Waals surface area contributed by atoms with Gasteiger partial charge >= 0.3 is 0 Å². The van der Waals surface area contributed by atoms with Gasteiger partial charge in [-0.25, -0.2) is 4.39 Å². The molecule has 114 valence electrons. The Morgan fingerprint density at radius 1 is 1.29 bits per heavy atom. The van der Waals surface area contributed by atoms with Crippen LogP contribution in [0, 0.1) is 18.7 Å². The summed E-state index contributed by atoms with van der Waals surface area (Å²) < 4.78 is 24.8. The number of hydrogen-bond acceptors (Lipinski definition) is 3. The maximum Gasteiger partial charge on any atom is 0.167 e. The van der Waals surface area contributed by atoms with Crippen LogP contribution in [0.1, 0.15) is 30.7 Å². The SMILES string of the molecule is Cc1cccc(OCc2occc2CNCC(C)C)c1F. The summed E-state index contributed by atoms with van der Waals surface area (Å²) in [6.07, 6.45) is 1.64. The van der Waals surface area contributed by atoms with E-state index in [-0.39, 0.29) is 18.2 Å². The second-order valence-electron chi connectivity index (χ2n) is 5.57. The molecular weight excluding hydrogens is 269 g/mol. The predicted molar refractivity (Wildman–Crippen MR) is 80.7 cm³/mol. The number of benzene rings is 1. The van der Waals surface area contributed by atoms with Gasteiger partial charge in [0.2, 0.25) is 0 Å². The Labute approximate surface area is 125 Å². The zero-order chi connectivity index (χ0) is 15.2. The molecule has 0 spiro atoms. The molecule has 0 radical (unpaired) electrons. The molecule has 0 aliphatic carbocycles. The molecule has 0 saturated heterocycles. The molecular formula is C17H22FNO2. The van der Waals surface area contributed by atoms with E-state index in [1.54, 1.807) is 31.4 Å². The van der Waals surface area contributed by atoms with Crippen molar-refractivity contribution in [2.45, 2.75) is 33.9 Å². The molecule has 0 unspecified atom stereocenters. The summed E-state index contributed by atoms with van der Waals surface area (Å²) >= 11 is 0. The normalized spacial score (nSPS) is 11.1. The van der Waals surface area contributed by atoms with Crippen molar-refractivity contribution in [3.05, 3.63) is 53.2 Å². The third-order valence-electron chi connectivity index (χ3n) is 3.22. The van der Waals surface area contributed by atoms with Crippen molar-refractivity contribution in [2.75, 3.05) is 6.54 Å². The average Bonchev–Trinajstić information content (AvgIpc) is 2.88. The first-order chi connectivity index (χ1) is 10.1. The lowest BCUT2D eigenvalue weighted by Crippen LogP contribution is -2.19. The number of furan rings is 1. The van der Waals surface area contributed by atoms with Crippen molar-refractivity contribution in [1.29, 1.82) is 0 Å². The molecule has 1 heterocycles. The van der Waals surface area contributed by atoms with Crippen LogP contribution in [0.3, 0.4) is 0 Å². The summed E-state index contributed by atoms with van der Waals surface area (Å²) in [5.74, 6) is 1.26. The first kappa shape index (κ1) is 15.6. The molecule has 0 aliphatic heterocycles. The first-order valence-electron chi connectivity index (χ1n) is 7.21. The second-order valence-corrected chi connectivity index (χ2v) is 5.57. The van der Waals surface area contributed by atoms with E-state index in [1.165, 1.54) is 0 Å². The molecule has 1 aromatic heterocycles. The van der Waals surface area contributed by atoms with Crippen molar-refractivity contribution < 1.29 is 13.5 Å². The monoisotopic (exact) mass is 291 g/mol. The summed E-state index contributed by atoms with van der Waals surface area (Å²) in [4.78, 5) is 0. The van der Waals surface area contributed by atoms with E-state index in [9.17, 15) is 4.39 Å². The number of rotatable bonds is 7. The average molecular weight is 291 g/mol. The van der Waals surface area contributed by atoms with Gasteiger partial charge in [-0.3, -0.25) is 0 Å². The van der Waals surface area contributed by atoms with Crippen molar-refractivity contribution in [3.8, 4) is 5.75 Å². The number of halogens is 1. The zero-order valence-corrected chi connectivity index (χ0v) is 12.8. The zero-order valence-electron chi connectivity index (χ0n) is 12.8. The molecule has 1 N–H and O–H groups in total. The standard InChI is InChI=1S/C17H22FNO2/c1-12(2)9-19-10-14-7-8-20-16(14)11-21-15-6-4-5-13(3)17(15)18/h4-8,12,19H,9-11H2,1-3H3. The van der Waals surface area contributed by atoms with Crippen LogP contribution in [0.4, 0.5) is 4.39 Å². The van der Waals surface area contributed by atoms with Crippen LogP contribution in [0.2, 0.25) is 0 Å². The van der Waals surface area contributed by atoms with Gasteiger partial charge < -0.3 is 14.5 Å². The third kappa shape index (κ3) is 4.33. The van der Waals surface area contributed by atoms with Gasteiger partial charge in [-0.05, 0) is 37.1 Å². The maximum absolute atomic E-state index is 13.9. The van der Waals surface area contributed by atoms with E-state index in [4.69, 9.17) is 9.15 Å². The van der Waals surface area contributed by atoms with Gasteiger partial charge in [-0.15, -0.1) is 0 Å². The highest BCUT2D eigenvalue weighted by atomic mass is 19.1. The van der Waals surface area contributed by atoms with Crippen LogP contribution < -0.4 is 10.1 Å². The van der Waals surface area contributed by atoms with E-state index in [2.05, 4.69) is 19.2 Å². The summed E-state index contributed by atoms with van der Waals surface area (Å²) in [5, 5.41) is 3.36. The van der Waals surface area contributed by atoms with Gasteiger partial charge in [0.1, 0.15) is 12.4 Å². The lowest BCUT2D eigenvalue weighted by atomic mass is 10.2. The molecule has 0 atom stereocenters. The molecule has 21 heavy (non-hydrogen) atoms. The van der Waals surface area contributed by atoms with Gasteiger partial charge in [0.05, 0.1) is 6.26 Å². The fourth-order valence-electron chi connectivity index (χ4n) is 2.02. The highest BCUT2D eigenvalue weighted by molar-refractivity contribution is 5.30. The Bertz CT molecular complexity index is 578. The quantitative estimate of drug-likeness (QED) is 0.835. The van der Waals surface area contributed by atoms with Crippen LogP contribution in [0.25, 0.3) is 0 Å². The summed E-state index contributed by atoms with van der Waals surface area (Å²) in [7, 11) is 0. The Morgan fingerprint density at radius 2 is 2.10 bits per heavy atom. The Balaban J connectivity index is 1.94. The van der Waals surface area contributed by atoms with E-state index in [0.29, 0.717) is 11.5 Å². The van der Waals surface area contributed by atoms with E-state index < -0.39 is 0 Å². The minimum Gasteiger partial charge on any atom is -0.483 e. The van der Waals surface area contributed by atoms with E-state index >= 15 is 0 Å². The first-order valence-corrected chi connectivity index (χ1v) is 7.21. The lowest BCUT2D eigenvalue weighted by molar-refractivity contribution is 0.256. The van der Waals surface area contributed by atoms with Crippen molar-refractivity contribution in [1.82, 2.24) is 5.32 Å².